The molecule has 0 aliphatic rings. The number of aromatic nitrogens is 2. The number of thiazole rings is 1. The van der Waals surface area contributed by atoms with Crippen LogP contribution in [-0.4, -0.2) is 22.5 Å². The molecule has 24 heavy (non-hydrogen) atoms. The Morgan fingerprint density at radius 1 is 1.21 bits per heavy atom. The van der Waals surface area contributed by atoms with Gasteiger partial charge in [-0.25, -0.2) is 9.78 Å². The zero-order valence-electron chi connectivity index (χ0n) is 13.3. The van der Waals surface area contributed by atoms with Gasteiger partial charge in [-0.3, -0.25) is 4.98 Å². The van der Waals surface area contributed by atoms with E-state index in [1.165, 1.54) is 0 Å². The number of hydrogen-bond donors (Lipinski definition) is 2. The van der Waals surface area contributed by atoms with Crippen LogP contribution in [0.25, 0.3) is 11.3 Å². The molecule has 0 unspecified atom stereocenters. The molecule has 0 bridgehead atoms. The summed E-state index contributed by atoms with van der Waals surface area (Å²) >= 11 is 1.63. The summed E-state index contributed by atoms with van der Waals surface area (Å²) in [5, 5.41) is 8.74. The molecule has 0 aliphatic carbocycles. The largest absolute Gasteiger partial charge is 0.338 e. The van der Waals surface area contributed by atoms with E-state index in [-0.39, 0.29) is 6.03 Å². The van der Waals surface area contributed by atoms with Crippen LogP contribution < -0.4 is 10.6 Å². The van der Waals surface area contributed by atoms with Crippen molar-refractivity contribution in [1.82, 2.24) is 15.3 Å². The smallest absolute Gasteiger partial charge is 0.319 e. The molecule has 5 nitrogen and oxygen atoms in total. The molecular formula is C18H18N4OS. The third-order valence-electron chi connectivity index (χ3n) is 3.48. The Kier molecular flexibility index (Phi) is 5.18. The first-order valence-corrected chi connectivity index (χ1v) is 8.55. The van der Waals surface area contributed by atoms with E-state index in [4.69, 9.17) is 0 Å². The van der Waals surface area contributed by atoms with Crippen LogP contribution in [-0.2, 0) is 6.42 Å². The Balaban J connectivity index is 1.49. The molecule has 0 spiro atoms. The third kappa shape index (κ3) is 4.39. The second kappa shape index (κ2) is 7.70. The monoisotopic (exact) mass is 338 g/mol. The average Bonchev–Trinajstić information content (AvgIpc) is 3.03. The van der Waals surface area contributed by atoms with Gasteiger partial charge in [-0.15, -0.1) is 11.3 Å². The molecule has 0 aliphatic heterocycles. The summed E-state index contributed by atoms with van der Waals surface area (Å²) < 4.78 is 0. The van der Waals surface area contributed by atoms with Crippen LogP contribution in [0.4, 0.5) is 10.5 Å². The maximum absolute atomic E-state index is 11.9. The Hall–Kier alpha value is -2.73. The summed E-state index contributed by atoms with van der Waals surface area (Å²) in [6.45, 7) is 2.55. The predicted molar refractivity (Wildman–Crippen MR) is 97.2 cm³/mol. The predicted octanol–water partition coefficient (Wildman–Crippen LogP) is 3.88. The molecule has 0 atom stereocenters. The van der Waals surface area contributed by atoms with Gasteiger partial charge < -0.3 is 10.6 Å². The molecule has 0 fully saturated rings. The molecule has 3 aromatic rings. The lowest BCUT2D eigenvalue weighted by Crippen LogP contribution is -2.30. The number of hydrogen-bond acceptors (Lipinski definition) is 4. The average molecular weight is 338 g/mol. The first kappa shape index (κ1) is 16.1. The van der Waals surface area contributed by atoms with Crippen molar-refractivity contribution in [2.75, 3.05) is 11.9 Å². The zero-order chi connectivity index (χ0) is 16.8. The lowest BCUT2D eigenvalue weighted by atomic mass is 10.1. The van der Waals surface area contributed by atoms with E-state index in [2.05, 4.69) is 20.6 Å². The molecule has 0 saturated heterocycles. The molecular weight excluding hydrogens is 320 g/mol. The van der Waals surface area contributed by atoms with E-state index in [1.54, 1.807) is 23.7 Å². The highest BCUT2D eigenvalue weighted by Crippen LogP contribution is 2.22. The summed E-state index contributed by atoms with van der Waals surface area (Å²) in [5.74, 6) is 0. The minimum absolute atomic E-state index is 0.212. The molecule has 1 aromatic carbocycles. The van der Waals surface area contributed by atoms with Gasteiger partial charge in [0.15, 0.2) is 0 Å². The van der Waals surface area contributed by atoms with E-state index < -0.39 is 0 Å². The van der Waals surface area contributed by atoms with Gasteiger partial charge in [0.1, 0.15) is 0 Å². The van der Waals surface area contributed by atoms with Gasteiger partial charge in [0.25, 0.3) is 0 Å². The highest BCUT2D eigenvalue weighted by Gasteiger charge is 2.04. The minimum Gasteiger partial charge on any atom is -0.338 e. The molecule has 3 rings (SSSR count). The van der Waals surface area contributed by atoms with Crippen molar-refractivity contribution in [1.29, 1.82) is 0 Å². The highest BCUT2D eigenvalue weighted by molar-refractivity contribution is 7.09. The van der Waals surface area contributed by atoms with Gasteiger partial charge in [0, 0.05) is 35.6 Å². The summed E-state index contributed by atoms with van der Waals surface area (Å²) in [7, 11) is 0. The number of urea groups is 1. The Morgan fingerprint density at radius 3 is 2.71 bits per heavy atom. The number of aryl methyl sites for hydroxylation is 1. The van der Waals surface area contributed by atoms with Crippen LogP contribution in [0.2, 0.25) is 0 Å². The van der Waals surface area contributed by atoms with E-state index >= 15 is 0 Å². The number of nitrogens with zero attached hydrogens (tertiary/aromatic N) is 2. The van der Waals surface area contributed by atoms with Crippen LogP contribution in [0.3, 0.4) is 0 Å². The fourth-order valence-electron chi connectivity index (χ4n) is 2.26. The molecule has 2 heterocycles. The molecule has 2 aromatic heterocycles. The Labute approximate surface area is 144 Å². The van der Waals surface area contributed by atoms with E-state index in [0.717, 1.165) is 33.9 Å². The summed E-state index contributed by atoms with van der Waals surface area (Å²) in [6.07, 6.45) is 4.29. The summed E-state index contributed by atoms with van der Waals surface area (Å²) in [4.78, 5) is 20.4. The summed E-state index contributed by atoms with van der Waals surface area (Å²) in [5.41, 5.74) is 3.86. The fraction of sp³-hybridized carbons (Fsp3) is 0.167. The highest BCUT2D eigenvalue weighted by atomic mass is 32.1. The number of nitrogens with one attached hydrogen (secondary N) is 2. The van der Waals surface area contributed by atoms with Gasteiger partial charge in [-0.2, -0.15) is 0 Å². The molecule has 2 amide bonds. The van der Waals surface area contributed by atoms with Crippen molar-refractivity contribution in [3.05, 3.63) is 64.7 Å². The van der Waals surface area contributed by atoms with Crippen molar-refractivity contribution in [3.8, 4) is 11.3 Å². The van der Waals surface area contributed by atoms with E-state index in [1.807, 2.05) is 48.7 Å². The van der Waals surface area contributed by atoms with Crippen molar-refractivity contribution >= 4 is 23.1 Å². The third-order valence-corrected chi connectivity index (χ3v) is 4.25. The Bertz CT molecular complexity index is 799. The molecule has 122 valence electrons. The minimum atomic E-state index is -0.212. The topological polar surface area (TPSA) is 66.9 Å². The lowest BCUT2D eigenvalue weighted by Gasteiger charge is -2.08. The van der Waals surface area contributed by atoms with Gasteiger partial charge in [0.05, 0.1) is 10.7 Å². The quantitative estimate of drug-likeness (QED) is 0.742. The van der Waals surface area contributed by atoms with Crippen LogP contribution in [0.5, 0.6) is 0 Å². The first-order chi connectivity index (χ1) is 11.7. The fourth-order valence-corrected chi connectivity index (χ4v) is 2.88. The van der Waals surface area contributed by atoms with Gasteiger partial charge in [0.2, 0.25) is 0 Å². The number of amides is 2. The van der Waals surface area contributed by atoms with Crippen LogP contribution in [0.1, 0.15) is 10.6 Å². The number of carbonyl (C=O) groups excluding carboxylic acids is 1. The second-order valence-corrected chi connectivity index (χ2v) is 6.38. The van der Waals surface area contributed by atoms with Crippen LogP contribution in [0, 0.1) is 6.92 Å². The number of pyridine rings is 1. The number of anilines is 1. The second-order valence-electron chi connectivity index (χ2n) is 5.32. The first-order valence-electron chi connectivity index (χ1n) is 7.67. The van der Waals surface area contributed by atoms with E-state index in [9.17, 15) is 4.79 Å². The molecule has 0 radical (unpaired) electrons. The number of benzene rings is 1. The summed E-state index contributed by atoms with van der Waals surface area (Å²) in [6, 6.07) is 11.3. The normalized spacial score (nSPS) is 10.4. The molecule has 2 N–H and O–H groups in total. The van der Waals surface area contributed by atoms with Crippen LogP contribution >= 0.6 is 11.3 Å². The molecule has 0 saturated carbocycles. The van der Waals surface area contributed by atoms with Crippen molar-refractivity contribution in [3.63, 3.8) is 0 Å². The van der Waals surface area contributed by atoms with Crippen LogP contribution in [0.15, 0.2) is 54.2 Å². The maximum atomic E-state index is 11.9. The zero-order valence-corrected chi connectivity index (χ0v) is 14.1. The number of carbonyl (C=O) groups is 1. The van der Waals surface area contributed by atoms with Crippen molar-refractivity contribution in [2.24, 2.45) is 0 Å². The van der Waals surface area contributed by atoms with E-state index in [0.29, 0.717) is 6.54 Å². The van der Waals surface area contributed by atoms with Crippen molar-refractivity contribution in [2.45, 2.75) is 13.3 Å². The van der Waals surface area contributed by atoms with Crippen molar-refractivity contribution < 1.29 is 4.79 Å². The number of rotatable bonds is 5. The molecule has 6 heteroatoms. The van der Waals surface area contributed by atoms with Gasteiger partial charge in [-0.05, 0) is 37.1 Å². The van der Waals surface area contributed by atoms with Gasteiger partial charge >= 0.3 is 6.03 Å². The van der Waals surface area contributed by atoms with Gasteiger partial charge in [-0.1, -0.05) is 18.2 Å². The Morgan fingerprint density at radius 2 is 2.04 bits per heavy atom. The lowest BCUT2D eigenvalue weighted by molar-refractivity contribution is 0.252. The SMILES string of the molecule is Cc1nc(-c2ccc(NC(=O)NCCc3cccnc3)cc2)cs1. The maximum Gasteiger partial charge on any atom is 0.319 e. The standard InChI is InChI=1S/C18H18N4OS/c1-13-21-17(12-24-13)15-4-6-16(7-5-15)22-18(23)20-10-8-14-3-2-9-19-11-14/h2-7,9,11-12H,8,10H2,1H3,(H2,20,22,23).